The zero-order chi connectivity index (χ0) is 19.0. The lowest BCUT2D eigenvalue weighted by Gasteiger charge is -2.17. The number of aryl methyl sites for hydroxylation is 1. The number of aromatic nitrogens is 2. The molecule has 134 valence electrons. The van der Waals surface area contributed by atoms with Gasteiger partial charge in [-0.2, -0.15) is 5.10 Å². The van der Waals surface area contributed by atoms with Gasteiger partial charge in [-0.05, 0) is 36.1 Å². The molecule has 0 radical (unpaired) electrons. The van der Waals surface area contributed by atoms with Crippen LogP contribution in [0.25, 0.3) is 21.9 Å². The van der Waals surface area contributed by atoms with Gasteiger partial charge in [-0.15, -0.1) is 5.10 Å². The summed E-state index contributed by atoms with van der Waals surface area (Å²) in [6.45, 7) is 2.24. The number of nitrogens with two attached hydrogens (primary N) is 1. The summed E-state index contributed by atoms with van der Waals surface area (Å²) in [6.07, 6.45) is -2.71. The van der Waals surface area contributed by atoms with E-state index in [1.54, 1.807) is 6.07 Å². The second kappa shape index (κ2) is 6.88. The van der Waals surface area contributed by atoms with Crippen molar-refractivity contribution in [3.8, 4) is 16.9 Å². The lowest BCUT2D eigenvalue weighted by molar-refractivity contribution is 0.152. The molecular formula is C18H18BF2N3O2. The number of halogens is 2. The van der Waals surface area contributed by atoms with Gasteiger partial charge in [0.2, 0.25) is 0 Å². The van der Waals surface area contributed by atoms with E-state index in [4.69, 9.17) is 10.5 Å². The van der Waals surface area contributed by atoms with Crippen LogP contribution < -0.4 is 15.9 Å². The molecule has 3 aromatic rings. The minimum Gasteiger partial charge on any atom is -0.496 e. The van der Waals surface area contributed by atoms with Crippen LogP contribution in [0.3, 0.4) is 0 Å². The molecule has 1 aromatic heterocycles. The van der Waals surface area contributed by atoms with Crippen LogP contribution in [-0.4, -0.2) is 29.2 Å². The first kappa shape index (κ1) is 18.1. The first-order valence-corrected chi connectivity index (χ1v) is 8.04. The number of ether oxygens (including phenoxy) is 1. The first-order chi connectivity index (χ1) is 12.3. The highest BCUT2D eigenvalue weighted by molar-refractivity contribution is 6.65. The van der Waals surface area contributed by atoms with Crippen LogP contribution in [0.5, 0.6) is 5.75 Å². The number of nitrogen functional groups attached to an aromatic ring is 1. The highest BCUT2D eigenvalue weighted by Gasteiger charge is 2.23. The van der Waals surface area contributed by atoms with E-state index in [9.17, 15) is 13.8 Å². The highest BCUT2D eigenvalue weighted by atomic mass is 19.3. The number of alkyl halides is 2. The minimum atomic E-state index is -2.71. The van der Waals surface area contributed by atoms with Crippen LogP contribution in [0.1, 0.15) is 17.7 Å². The molecule has 5 nitrogen and oxygen atoms in total. The molecule has 1 heterocycles. The number of anilines is 1. The van der Waals surface area contributed by atoms with Gasteiger partial charge in [0, 0.05) is 21.9 Å². The van der Waals surface area contributed by atoms with Gasteiger partial charge in [0.15, 0.2) is 5.82 Å². The van der Waals surface area contributed by atoms with E-state index in [-0.39, 0.29) is 11.0 Å². The second-order valence-electron chi connectivity index (χ2n) is 6.09. The maximum atomic E-state index is 13.3. The Kier molecular flexibility index (Phi) is 4.78. The number of hydrogen-bond donors (Lipinski definition) is 2. The number of methoxy groups -OCH3 is 1. The third-order valence-electron chi connectivity index (χ3n) is 4.39. The van der Waals surface area contributed by atoms with Crippen molar-refractivity contribution in [2.45, 2.75) is 20.2 Å². The Bertz CT molecular complexity index is 980. The average Bonchev–Trinajstić information content (AvgIpc) is 2.63. The monoisotopic (exact) mass is 357 g/mol. The quantitative estimate of drug-likeness (QED) is 0.702. The van der Waals surface area contributed by atoms with Gasteiger partial charge in [0.25, 0.3) is 6.43 Å². The SMILES string of the molecule is COc1cc(C(F)F)c(B(C)O)cc1-c1ccc2c(N)nnc(C)c2c1. The Morgan fingerprint density at radius 1 is 1.15 bits per heavy atom. The molecule has 8 heteroatoms. The number of hydrogen-bond acceptors (Lipinski definition) is 5. The lowest BCUT2D eigenvalue weighted by Crippen LogP contribution is -2.30. The van der Waals surface area contributed by atoms with Crippen LogP contribution in [0.15, 0.2) is 30.3 Å². The second-order valence-corrected chi connectivity index (χ2v) is 6.09. The molecule has 0 atom stereocenters. The number of nitrogens with zero attached hydrogens (tertiary/aromatic N) is 2. The fourth-order valence-electron chi connectivity index (χ4n) is 3.03. The van der Waals surface area contributed by atoms with Gasteiger partial charge in [-0.25, -0.2) is 8.78 Å². The van der Waals surface area contributed by atoms with Crippen LogP contribution in [0.4, 0.5) is 14.6 Å². The molecule has 3 N–H and O–H groups in total. The minimum absolute atomic E-state index is 0.167. The molecule has 0 unspecified atom stereocenters. The van der Waals surface area contributed by atoms with Crippen molar-refractivity contribution in [2.75, 3.05) is 12.8 Å². The van der Waals surface area contributed by atoms with E-state index < -0.39 is 13.3 Å². The smallest absolute Gasteiger partial charge is 0.320 e. The van der Waals surface area contributed by atoms with Crippen molar-refractivity contribution in [3.63, 3.8) is 0 Å². The summed E-state index contributed by atoms with van der Waals surface area (Å²) in [5.41, 5.74) is 7.84. The molecule has 0 bridgehead atoms. The number of benzene rings is 2. The van der Waals surface area contributed by atoms with E-state index in [0.29, 0.717) is 22.8 Å². The maximum Gasteiger partial charge on any atom is 0.320 e. The normalized spacial score (nSPS) is 11.2. The van der Waals surface area contributed by atoms with E-state index in [0.717, 1.165) is 16.3 Å². The molecule has 0 spiro atoms. The fraction of sp³-hybridized carbons (Fsp3) is 0.222. The van der Waals surface area contributed by atoms with Gasteiger partial charge >= 0.3 is 6.92 Å². The fourth-order valence-corrected chi connectivity index (χ4v) is 3.03. The van der Waals surface area contributed by atoms with Crippen LogP contribution in [0, 0.1) is 6.92 Å². The molecule has 3 rings (SSSR count). The predicted molar refractivity (Wildman–Crippen MR) is 99.1 cm³/mol. The molecule has 0 aliphatic rings. The van der Waals surface area contributed by atoms with E-state index in [1.165, 1.54) is 20.0 Å². The Labute approximate surface area is 149 Å². The van der Waals surface area contributed by atoms with Crippen molar-refractivity contribution in [1.82, 2.24) is 10.2 Å². The van der Waals surface area contributed by atoms with Crippen molar-refractivity contribution in [1.29, 1.82) is 0 Å². The maximum absolute atomic E-state index is 13.3. The molecule has 0 aliphatic heterocycles. The zero-order valence-corrected chi connectivity index (χ0v) is 14.6. The third-order valence-corrected chi connectivity index (χ3v) is 4.39. The summed E-state index contributed by atoms with van der Waals surface area (Å²) in [4.78, 5) is 0. The molecular weight excluding hydrogens is 339 g/mol. The van der Waals surface area contributed by atoms with Crippen molar-refractivity contribution in [2.24, 2.45) is 0 Å². The van der Waals surface area contributed by atoms with Crippen LogP contribution in [0.2, 0.25) is 6.82 Å². The summed E-state index contributed by atoms with van der Waals surface area (Å²) in [7, 11) is 1.42. The third kappa shape index (κ3) is 3.08. The Morgan fingerprint density at radius 2 is 1.88 bits per heavy atom. The van der Waals surface area contributed by atoms with E-state index in [1.807, 2.05) is 25.1 Å². The standard InChI is InChI=1S/C18H18BF2N3O2/c1-9-12-6-10(4-5-11(12)18(22)24-23-9)13-7-15(19(2)25)14(17(20)21)8-16(13)26-3/h4-8,17,25H,1-3H3,(H2,22,24). The highest BCUT2D eigenvalue weighted by Crippen LogP contribution is 2.35. The molecule has 0 saturated carbocycles. The average molecular weight is 357 g/mol. The van der Waals surface area contributed by atoms with Crippen LogP contribution in [-0.2, 0) is 0 Å². The van der Waals surface area contributed by atoms with Crippen molar-refractivity contribution >= 4 is 29.0 Å². The van der Waals surface area contributed by atoms with Crippen molar-refractivity contribution in [3.05, 3.63) is 41.6 Å². The van der Waals surface area contributed by atoms with E-state index >= 15 is 0 Å². The summed E-state index contributed by atoms with van der Waals surface area (Å²) >= 11 is 0. The van der Waals surface area contributed by atoms with Crippen LogP contribution >= 0.6 is 0 Å². The first-order valence-electron chi connectivity index (χ1n) is 8.04. The van der Waals surface area contributed by atoms with Gasteiger partial charge in [0.05, 0.1) is 12.8 Å². The van der Waals surface area contributed by atoms with Crippen molar-refractivity contribution < 1.29 is 18.5 Å². The molecule has 0 aliphatic carbocycles. The summed E-state index contributed by atoms with van der Waals surface area (Å²) in [5, 5.41) is 19.4. The number of fused-ring (bicyclic) bond motifs is 1. The lowest BCUT2D eigenvalue weighted by atomic mass is 9.62. The molecule has 0 saturated heterocycles. The van der Waals surface area contributed by atoms with Gasteiger partial charge in [0.1, 0.15) is 5.75 Å². The molecule has 0 fully saturated rings. The van der Waals surface area contributed by atoms with Gasteiger partial charge in [-0.1, -0.05) is 19.0 Å². The van der Waals surface area contributed by atoms with E-state index in [2.05, 4.69) is 10.2 Å². The largest absolute Gasteiger partial charge is 0.496 e. The Balaban J connectivity index is 2.27. The predicted octanol–water partition coefficient (Wildman–Crippen LogP) is 2.95. The number of rotatable bonds is 4. The van der Waals surface area contributed by atoms with Gasteiger partial charge < -0.3 is 15.5 Å². The molecule has 0 amide bonds. The molecule has 26 heavy (non-hydrogen) atoms. The van der Waals surface area contributed by atoms with Gasteiger partial charge in [-0.3, -0.25) is 0 Å². The summed E-state index contributed by atoms with van der Waals surface area (Å²) < 4.78 is 32.0. The Morgan fingerprint density at radius 3 is 2.50 bits per heavy atom. The summed E-state index contributed by atoms with van der Waals surface area (Å²) in [5.74, 6) is 0.624. The topological polar surface area (TPSA) is 81.3 Å². The summed E-state index contributed by atoms with van der Waals surface area (Å²) in [6, 6.07) is 8.30. The molecule has 2 aromatic carbocycles. The Hall–Kier alpha value is -2.74. The zero-order valence-electron chi connectivity index (χ0n) is 14.6.